The van der Waals surface area contributed by atoms with Crippen LogP contribution in [0.5, 0.6) is 0 Å². The van der Waals surface area contributed by atoms with E-state index >= 15 is 0 Å². The smallest absolute Gasteiger partial charge is 0.149 e. The summed E-state index contributed by atoms with van der Waals surface area (Å²) in [5.41, 5.74) is 0. The lowest BCUT2D eigenvalue weighted by atomic mass is 10.6. The van der Waals surface area contributed by atoms with Gasteiger partial charge in [-0.2, -0.15) is 5.10 Å². The summed E-state index contributed by atoms with van der Waals surface area (Å²) in [4.78, 5) is 6.87. The number of nitrogens with zero attached hydrogens (tertiary/aromatic N) is 2. The first-order valence-corrected chi connectivity index (χ1v) is 4.84. The Morgan fingerprint density at radius 3 is 3.07 bits per heavy atom. The Morgan fingerprint density at radius 1 is 1.50 bits per heavy atom. The summed E-state index contributed by atoms with van der Waals surface area (Å²) >= 11 is 1.44. The molecule has 0 amide bonds. The fourth-order valence-corrected chi connectivity index (χ4v) is 1.46. The molecular formula is C7H10N6S. The van der Waals surface area contributed by atoms with Crippen molar-refractivity contribution in [1.29, 1.82) is 0 Å². The van der Waals surface area contributed by atoms with Crippen LogP contribution >= 0.6 is 11.9 Å². The zero-order valence-electron chi connectivity index (χ0n) is 7.53. The average molecular weight is 210 g/mol. The number of hydrogen-bond donors (Lipinski definition) is 4. The highest BCUT2D eigenvalue weighted by atomic mass is 32.2. The van der Waals surface area contributed by atoms with Crippen molar-refractivity contribution in [3.63, 3.8) is 0 Å². The monoisotopic (exact) mass is 210 g/mol. The fourth-order valence-electron chi connectivity index (χ4n) is 0.911. The normalized spacial score (nSPS) is 10.1. The largest absolute Gasteiger partial charge is 0.372 e. The molecule has 0 saturated heterocycles. The van der Waals surface area contributed by atoms with Crippen molar-refractivity contribution in [3.05, 3.63) is 18.6 Å². The first-order valence-electron chi connectivity index (χ1n) is 4.03. The van der Waals surface area contributed by atoms with E-state index in [0.29, 0.717) is 0 Å². The number of hydrogen-bond acceptors (Lipinski definition) is 5. The average Bonchev–Trinajstić information content (AvgIpc) is 2.86. The van der Waals surface area contributed by atoms with Crippen LogP contribution in [0.25, 0.3) is 0 Å². The Kier molecular flexibility index (Phi) is 2.59. The summed E-state index contributed by atoms with van der Waals surface area (Å²) in [7, 11) is 1.82. The second kappa shape index (κ2) is 4.05. The van der Waals surface area contributed by atoms with Crippen molar-refractivity contribution >= 4 is 23.6 Å². The molecule has 0 spiro atoms. The van der Waals surface area contributed by atoms with Crippen LogP contribution in [0.1, 0.15) is 0 Å². The first-order chi connectivity index (χ1) is 6.88. The van der Waals surface area contributed by atoms with Crippen LogP contribution in [0.4, 0.5) is 11.6 Å². The Hall–Kier alpha value is -1.63. The van der Waals surface area contributed by atoms with Gasteiger partial charge in [0.25, 0.3) is 0 Å². The molecule has 0 fully saturated rings. The molecule has 0 atom stereocenters. The number of aromatic nitrogens is 4. The van der Waals surface area contributed by atoms with Crippen LogP contribution < -0.4 is 10.0 Å². The van der Waals surface area contributed by atoms with Gasteiger partial charge in [-0.3, -0.25) is 5.10 Å². The molecule has 0 aliphatic rings. The van der Waals surface area contributed by atoms with Crippen molar-refractivity contribution in [2.45, 2.75) is 5.03 Å². The number of nitrogens with one attached hydrogen (secondary N) is 4. The van der Waals surface area contributed by atoms with E-state index in [0.717, 1.165) is 16.7 Å². The number of imidazole rings is 1. The number of anilines is 2. The summed E-state index contributed by atoms with van der Waals surface area (Å²) in [6.45, 7) is 0. The van der Waals surface area contributed by atoms with Gasteiger partial charge >= 0.3 is 0 Å². The van der Waals surface area contributed by atoms with E-state index in [-0.39, 0.29) is 0 Å². The number of rotatable bonds is 4. The van der Waals surface area contributed by atoms with Crippen LogP contribution in [-0.4, -0.2) is 27.2 Å². The Morgan fingerprint density at radius 2 is 2.43 bits per heavy atom. The third-order valence-corrected chi connectivity index (χ3v) is 2.34. The Bertz CT molecular complexity index is 381. The molecule has 0 radical (unpaired) electrons. The standard InChI is InChI=1S/C7H10N6S/c1-8-5-2-6(12-11-5)13-14-7-3-9-4-10-7/h2-4H,1H3,(H,9,10)(H3,8,11,12,13). The lowest BCUT2D eigenvalue weighted by Crippen LogP contribution is -1.86. The molecule has 7 heteroatoms. The molecule has 14 heavy (non-hydrogen) atoms. The molecular weight excluding hydrogens is 200 g/mol. The maximum Gasteiger partial charge on any atom is 0.149 e. The Balaban J connectivity index is 1.92. The maximum atomic E-state index is 4.00. The fraction of sp³-hybridized carbons (Fsp3) is 0.143. The molecule has 0 bridgehead atoms. The number of aromatic amines is 2. The van der Waals surface area contributed by atoms with E-state index in [9.17, 15) is 0 Å². The zero-order chi connectivity index (χ0) is 9.80. The van der Waals surface area contributed by atoms with E-state index < -0.39 is 0 Å². The third-order valence-electron chi connectivity index (χ3n) is 1.58. The van der Waals surface area contributed by atoms with Crippen LogP contribution in [0.3, 0.4) is 0 Å². The highest BCUT2D eigenvalue weighted by Crippen LogP contribution is 2.18. The first kappa shape index (κ1) is 8.95. The van der Waals surface area contributed by atoms with Crippen LogP contribution in [0, 0.1) is 0 Å². The van der Waals surface area contributed by atoms with E-state index in [1.165, 1.54) is 11.9 Å². The quantitative estimate of drug-likeness (QED) is 0.572. The predicted octanol–water partition coefficient (Wildman–Crippen LogP) is 1.29. The van der Waals surface area contributed by atoms with Crippen molar-refractivity contribution < 1.29 is 0 Å². The molecule has 2 rings (SSSR count). The molecule has 0 saturated carbocycles. The maximum absolute atomic E-state index is 4.00. The molecule has 74 valence electrons. The highest BCUT2D eigenvalue weighted by molar-refractivity contribution is 8.00. The van der Waals surface area contributed by atoms with Gasteiger partial charge in [0.2, 0.25) is 0 Å². The van der Waals surface area contributed by atoms with Crippen molar-refractivity contribution in [2.75, 3.05) is 17.1 Å². The molecule has 2 aromatic rings. The Labute approximate surface area is 85.0 Å². The van der Waals surface area contributed by atoms with Crippen molar-refractivity contribution in [1.82, 2.24) is 20.2 Å². The molecule has 0 aliphatic carbocycles. The van der Waals surface area contributed by atoms with Gasteiger partial charge in [-0.05, 0) is 0 Å². The van der Waals surface area contributed by atoms with Gasteiger partial charge in [0.15, 0.2) is 0 Å². The van der Waals surface area contributed by atoms with E-state index in [1.807, 2.05) is 13.1 Å². The summed E-state index contributed by atoms with van der Waals surface area (Å²) in [5.74, 6) is 1.65. The van der Waals surface area contributed by atoms with E-state index in [1.54, 1.807) is 12.5 Å². The zero-order valence-corrected chi connectivity index (χ0v) is 8.35. The SMILES string of the molecule is CNc1cc(NSc2cnc[nH]2)[nH]n1. The minimum atomic E-state index is 0.803. The minimum Gasteiger partial charge on any atom is -0.372 e. The molecule has 2 aromatic heterocycles. The molecule has 0 aromatic carbocycles. The lowest BCUT2D eigenvalue weighted by molar-refractivity contribution is 1.09. The molecule has 4 N–H and O–H groups in total. The number of H-pyrrole nitrogens is 2. The van der Waals surface area contributed by atoms with Gasteiger partial charge in [0.05, 0.1) is 12.5 Å². The molecule has 2 heterocycles. The van der Waals surface area contributed by atoms with E-state index in [4.69, 9.17) is 0 Å². The van der Waals surface area contributed by atoms with Gasteiger partial charge in [0.1, 0.15) is 16.7 Å². The second-order valence-corrected chi connectivity index (χ2v) is 3.38. The summed E-state index contributed by atoms with van der Waals surface area (Å²) in [6, 6.07) is 1.88. The van der Waals surface area contributed by atoms with Crippen LogP contribution in [0.2, 0.25) is 0 Å². The summed E-state index contributed by atoms with van der Waals surface area (Å²) < 4.78 is 3.09. The van der Waals surface area contributed by atoms with Gasteiger partial charge in [-0.25, -0.2) is 4.98 Å². The molecule has 6 nitrogen and oxygen atoms in total. The van der Waals surface area contributed by atoms with Crippen molar-refractivity contribution in [2.24, 2.45) is 0 Å². The van der Waals surface area contributed by atoms with Crippen molar-refractivity contribution in [3.8, 4) is 0 Å². The van der Waals surface area contributed by atoms with Crippen LogP contribution in [0.15, 0.2) is 23.6 Å². The highest BCUT2D eigenvalue weighted by Gasteiger charge is 1.99. The second-order valence-electron chi connectivity index (χ2n) is 2.54. The molecule has 0 unspecified atom stereocenters. The predicted molar refractivity (Wildman–Crippen MR) is 56.2 cm³/mol. The van der Waals surface area contributed by atoms with Crippen LogP contribution in [-0.2, 0) is 0 Å². The van der Waals surface area contributed by atoms with Gasteiger partial charge < -0.3 is 15.0 Å². The summed E-state index contributed by atoms with van der Waals surface area (Å²) in [5, 5.41) is 10.7. The third kappa shape index (κ3) is 1.99. The van der Waals surface area contributed by atoms with Gasteiger partial charge in [0, 0.05) is 25.1 Å². The van der Waals surface area contributed by atoms with E-state index in [2.05, 4.69) is 30.2 Å². The van der Waals surface area contributed by atoms with Gasteiger partial charge in [-0.1, -0.05) is 0 Å². The topological polar surface area (TPSA) is 81.4 Å². The minimum absolute atomic E-state index is 0.803. The molecule has 0 aliphatic heterocycles. The van der Waals surface area contributed by atoms with Gasteiger partial charge in [-0.15, -0.1) is 0 Å². The lowest BCUT2D eigenvalue weighted by Gasteiger charge is -1.97. The summed E-state index contributed by atoms with van der Waals surface area (Å²) in [6.07, 6.45) is 3.38.